The highest BCUT2D eigenvalue weighted by atomic mass is 35.5. The predicted molar refractivity (Wildman–Crippen MR) is 88.1 cm³/mol. The van der Waals surface area contributed by atoms with Gasteiger partial charge in [0.25, 0.3) is 5.69 Å². The molecule has 6 heteroatoms. The van der Waals surface area contributed by atoms with Crippen LogP contribution in [0.15, 0.2) is 48.2 Å². The molecule has 0 aliphatic heterocycles. The number of halogens is 1. The smallest absolute Gasteiger partial charge is 0.269 e. The molecule has 3 rings (SSSR count). The zero-order valence-corrected chi connectivity index (χ0v) is 13.0. The third-order valence-electron chi connectivity index (χ3n) is 4.05. The molecule has 0 spiro atoms. The number of hydrogen-bond acceptors (Lipinski definition) is 4. The second-order valence-electron chi connectivity index (χ2n) is 5.44. The van der Waals surface area contributed by atoms with Crippen molar-refractivity contribution in [3.63, 3.8) is 0 Å². The summed E-state index contributed by atoms with van der Waals surface area (Å²) >= 11 is 6.15. The zero-order valence-electron chi connectivity index (χ0n) is 12.3. The van der Waals surface area contributed by atoms with Crippen LogP contribution in [-0.2, 0) is 0 Å². The van der Waals surface area contributed by atoms with E-state index in [0.717, 1.165) is 36.1 Å². The van der Waals surface area contributed by atoms with E-state index in [2.05, 4.69) is 4.98 Å². The molecule has 2 aromatic rings. The van der Waals surface area contributed by atoms with Gasteiger partial charge >= 0.3 is 0 Å². The molecule has 1 atom stereocenters. The summed E-state index contributed by atoms with van der Waals surface area (Å²) < 4.78 is 0. The topological polar surface area (TPSA) is 76.3 Å². The highest BCUT2D eigenvalue weighted by Crippen LogP contribution is 2.42. The van der Waals surface area contributed by atoms with E-state index < -0.39 is 11.0 Å². The van der Waals surface area contributed by atoms with Crippen molar-refractivity contribution in [2.24, 2.45) is 0 Å². The molecule has 5 nitrogen and oxygen atoms in total. The Balaban J connectivity index is 2.04. The lowest BCUT2D eigenvalue weighted by Gasteiger charge is -2.16. The van der Waals surface area contributed by atoms with Crippen molar-refractivity contribution >= 4 is 22.9 Å². The van der Waals surface area contributed by atoms with Gasteiger partial charge in [0.1, 0.15) is 6.10 Å². The SMILES string of the molecule is O=[N+]([O-])c1ccc(Cl)c(C(O)C2=C(c3ccccn3)CCC2)c1. The number of aromatic nitrogens is 1. The van der Waals surface area contributed by atoms with E-state index in [4.69, 9.17) is 11.6 Å². The third-order valence-corrected chi connectivity index (χ3v) is 4.39. The number of allylic oxidation sites excluding steroid dienone is 1. The van der Waals surface area contributed by atoms with E-state index in [1.165, 1.54) is 18.2 Å². The molecule has 0 radical (unpaired) electrons. The maximum atomic E-state index is 11.0. The van der Waals surface area contributed by atoms with Crippen molar-refractivity contribution in [1.82, 2.24) is 4.98 Å². The van der Waals surface area contributed by atoms with E-state index in [0.29, 0.717) is 10.6 Å². The first-order valence-corrected chi connectivity index (χ1v) is 7.71. The van der Waals surface area contributed by atoms with Gasteiger partial charge in [-0.25, -0.2) is 0 Å². The summed E-state index contributed by atoms with van der Waals surface area (Å²) in [5.74, 6) is 0. The molecule has 0 saturated heterocycles. The average molecular weight is 331 g/mol. The Morgan fingerprint density at radius 3 is 2.78 bits per heavy atom. The Morgan fingerprint density at radius 2 is 2.09 bits per heavy atom. The van der Waals surface area contributed by atoms with Gasteiger partial charge in [-0.15, -0.1) is 0 Å². The van der Waals surface area contributed by atoms with E-state index >= 15 is 0 Å². The molecule has 0 saturated carbocycles. The fraction of sp³-hybridized carbons (Fsp3) is 0.235. The molecular weight excluding hydrogens is 316 g/mol. The summed E-state index contributed by atoms with van der Waals surface area (Å²) in [6, 6.07) is 9.77. The highest BCUT2D eigenvalue weighted by Gasteiger charge is 2.26. The lowest BCUT2D eigenvalue weighted by Crippen LogP contribution is -2.04. The number of pyridine rings is 1. The second-order valence-corrected chi connectivity index (χ2v) is 5.84. The van der Waals surface area contributed by atoms with Crippen LogP contribution in [0, 0.1) is 10.1 Å². The molecule has 1 unspecified atom stereocenters. The first-order valence-electron chi connectivity index (χ1n) is 7.33. The number of aliphatic hydroxyl groups is 1. The van der Waals surface area contributed by atoms with E-state index in [-0.39, 0.29) is 5.69 Å². The Bertz CT molecular complexity index is 775. The molecule has 1 aliphatic rings. The van der Waals surface area contributed by atoms with Gasteiger partial charge in [0, 0.05) is 28.9 Å². The number of aliphatic hydroxyl groups excluding tert-OH is 1. The van der Waals surface area contributed by atoms with Crippen molar-refractivity contribution in [3.8, 4) is 0 Å². The molecule has 1 aromatic heterocycles. The number of rotatable bonds is 4. The van der Waals surface area contributed by atoms with Crippen molar-refractivity contribution < 1.29 is 10.0 Å². The number of nitro groups is 1. The lowest BCUT2D eigenvalue weighted by molar-refractivity contribution is -0.385. The van der Waals surface area contributed by atoms with E-state index in [9.17, 15) is 15.2 Å². The molecular formula is C17H15ClN2O3. The first-order chi connectivity index (χ1) is 11.1. The van der Waals surface area contributed by atoms with Crippen LogP contribution in [0.2, 0.25) is 5.02 Å². The normalized spacial score (nSPS) is 15.7. The van der Waals surface area contributed by atoms with Crippen LogP contribution in [0.4, 0.5) is 5.69 Å². The molecule has 1 N–H and O–H groups in total. The molecule has 118 valence electrons. The molecule has 1 aliphatic carbocycles. The van der Waals surface area contributed by atoms with Gasteiger partial charge in [-0.2, -0.15) is 0 Å². The Kier molecular flexibility index (Phi) is 4.41. The number of nitro benzene ring substituents is 1. The van der Waals surface area contributed by atoms with Crippen molar-refractivity contribution in [1.29, 1.82) is 0 Å². The largest absolute Gasteiger partial charge is 0.384 e. The maximum absolute atomic E-state index is 11.0. The van der Waals surface area contributed by atoms with Crippen molar-refractivity contribution in [2.45, 2.75) is 25.4 Å². The summed E-state index contributed by atoms with van der Waals surface area (Å²) in [4.78, 5) is 14.8. The Morgan fingerprint density at radius 1 is 1.26 bits per heavy atom. The van der Waals surface area contributed by atoms with Crippen LogP contribution in [0.3, 0.4) is 0 Å². The first kappa shape index (κ1) is 15.6. The van der Waals surface area contributed by atoms with Gasteiger partial charge in [-0.1, -0.05) is 17.7 Å². The van der Waals surface area contributed by atoms with Crippen LogP contribution in [0.5, 0.6) is 0 Å². The Labute approximate surface area is 138 Å². The minimum absolute atomic E-state index is 0.0820. The van der Waals surface area contributed by atoms with Crippen molar-refractivity contribution in [3.05, 3.63) is 74.6 Å². The number of nitrogens with zero attached hydrogens (tertiary/aromatic N) is 2. The zero-order chi connectivity index (χ0) is 16.4. The van der Waals surface area contributed by atoms with Gasteiger partial charge in [0.2, 0.25) is 0 Å². The van der Waals surface area contributed by atoms with E-state index in [1.807, 2.05) is 18.2 Å². The van der Waals surface area contributed by atoms with Gasteiger partial charge in [0.05, 0.1) is 10.6 Å². The van der Waals surface area contributed by atoms with Crippen LogP contribution in [0.25, 0.3) is 5.57 Å². The predicted octanol–water partition coefficient (Wildman–Crippen LogP) is 4.31. The Hall–Kier alpha value is -2.24. The molecule has 0 fully saturated rings. The molecule has 0 bridgehead atoms. The second kappa shape index (κ2) is 6.48. The minimum atomic E-state index is -0.957. The van der Waals surface area contributed by atoms with Crippen LogP contribution < -0.4 is 0 Å². The molecule has 1 aromatic carbocycles. The minimum Gasteiger partial charge on any atom is -0.384 e. The quantitative estimate of drug-likeness (QED) is 0.669. The van der Waals surface area contributed by atoms with Gasteiger partial charge in [-0.05, 0) is 48.6 Å². The molecule has 0 amide bonds. The molecule has 23 heavy (non-hydrogen) atoms. The van der Waals surface area contributed by atoms with Crippen LogP contribution >= 0.6 is 11.6 Å². The van der Waals surface area contributed by atoms with E-state index in [1.54, 1.807) is 6.20 Å². The number of non-ortho nitro benzene ring substituents is 1. The van der Waals surface area contributed by atoms with Gasteiger partial charge < -0.3 is 5.11 Å². The summed E-state index contributed by atoms with van der Waals surface area (Å²) in [5, 5.41) is 22.0. The summed E-state index contributed by atoms with van der Waals surface area (Å²) in [6.45, 7) is 0. The summed E-state index contributed by atoms with van der Waals surface area (Å²) in [5.41, 5.74) is 2.96. The third kappa shape index (κ3) is 3.11. The lowest BCUT2D eigenvalue weighted by atomic mass is 9.96. The van der Waals surface area contributed by atoms with Crippen molar-refractivity contribution in [2.75, 3.05) is 0 Å². The monoisotopic (exact) mass is 330 g/mol. The number of benzene rings is 1. The van der Waals surface area contributed by atoms with Gasteiger partial charge in [-0.3, -0.25) is 15.1 Å². The van der Waals surface area contributed by atoms with Crippen LogP contribution in [-0.4, -0.2) is 15.0 Å². The fourth-order valence-electron chi connectivity index (χ4n) is 2.94. The average Bonchev–Trinajstić information content (AvgIpc) is 3.05. The standard InChI is InChI=1S/C17H15ClN2O3/c18-15-8-7-11(20(22)23)10-14(15)17(21)13-5-3-4-12(13)16-6-1-2-9-19-16/h1-2,6-10,17,21H,3-5H2. The van der Waals surface area contributed by atoms with Crippen LogP contribution in [0.1, 0.15) is 36.6 Å². The molecule has 1 heterocycles. The van der Waals surface area contributed by atoms with Gasteiger partial charge in [0.15, 0.2) is 0 Å². The summed E-state index contributed by atoms with van der Waals surface area (Å²) in [7, 11) is 0. The number of hydrogen-bond donors (Lipinski definition) is 1. The fourth-order valence-corrected chi connectivity index (χ4v) is 3.17. The maximum Gasteiger partial charge on any atom is 0.269 e. The summed E-state index contributed by atoms with van der Waals surface area (Å²) in [6.07, 6.45) is 3.24. The highest BCUT2D eigenvalue weighted by molar-refractivity contribution is 6.31.